The fourth-order valence-corrected chi connectivity index (χ4v) is 1.46. The first kappa shape index (κ1) is 15.2. The third kappa shape index (κ3) is 7.45. The van der Waals surface area contributed by atoms with Crippen LogP contribution in [0.2, 0.25) is 0 Å². The van der Waals surface area contributed by atoms with Crippen molar-refractivity contribution in [1.82, 2.24) is 16.0 Å². The van der Waals surface area contributed by atoms with E-state index >= 15 is 0 Å². The molecular weight excluding hydrogens is 222 g/mol. The van der Waals surface area contributed by atoms with Crippen molar-refractivity contribution in [2.75, 3.05) is 0 Å². The second-order valence-corrected chi connectivity index (χ2v) is 5.64. The van der Waals surface area contributed by atoms with Gasteiger partial charge in [-0.05, 0) is 53.8 Å². The molecule has 0 rings (SSSR count). The van der Waals surface area contributed by atoms with Gasteiger partial charge < -0.3 is 16.0 Å². The number of thiocarbonyl (C=S) groups is 1. The molecule has 0 radical (unpaired) electrons. The minimum absolute atomic E-state index is 0.0552. The minimum Gasteiger partial charge on any atom is -0.361 e. The summed E-state index contributed by atoms with van der Waals surface area (Å²) in [5, 5.41) is 9.37. The molecule has 16 heavy (non-hydrogen) atoms. The van der Waals surface area contributed by atoms with E-state index in [9.17, 15) is 4.79 Å². The van der Waals surface area contributed by atoms with Crippen LogP contribution in [0.25, 0.3) is 0 Å². The molecule has 0 aliphatic carbocycles. The quantitative estimate of drug-likeness (QED) is 0.653. The van der Waals surface area contributed by atoms with Gasteiger partial charge >= 0.3 is 0 Å². The Kier molecular flexibility index (Phi) is 5.72. The third-order valence-corrected chi connectivity index (χ3v) is 1.89. The standard InChI is InChI=1S/C11H23N3OS/c1-7(2)12-10(16)13-8(3)9(15)14-11(4,5)6/h7-8H,1-6H3,(H,14,15)(H2,12,13,16). The van der Waals surface area contributed by atoms with E-state index < -0.39 is 0 Å². The van der Waals surface area contributed by atoms with Gasteiger partial charge in [-0.2, -0.15) is 0 Å². The van der Waals surface area contributed by atoms with Gasteiger partial charge in [-0.1, -0.05) is 0 Å². The maximum atomic E-state index is 11.7. The Morgan fingerprint density at radius 3 is 2.00 bits per heavy atom. The molecule has 0 spiro atoms. The van der Waals surface area contributed by atoms with Gasteiger partial charge in [0.25, 0.3) is 0 Å². The predicted molar refractivity (Wildman–Crippen MR) is 71.4 cm³/mol. The lowest BCUT2D eigenvalue weighted by Gasteiger charge is -2.24. The van der Waals surface area contributed by atoms with Crippen molar-refractivity contribution in [3.05, 3.63) is 0 Å². The summed E-state index contributed by atoms with van der Waals surface area (Å²) in [6.07, 6.45) is 0. The van der Waals surface area contributed by atoms with Crippen molar-refractivity contribution in [1.29, 1.82) is 0 Å². The lowest BCUT2D eigenvalue weighted by atomic mass is 10.1. The zero-order valence-electron chi connectivity index (χ0n) is 11.0. The molecule has 5 heteroatoms. The average molecular weight is 245 g/mol. The van der Waals surface area contributed by atoms with Gasteiger partial charge in [0.05, 0.1) is 0 Å². The maximum absolute atomic E-state index is 11.7. The highest BCUT2D eigenvalue weighted by molar-refractivity contribution is 7.80. The molecule has 0 bridgehead atoms. The Labute approximate surface area is 104 Å². The highest BCUT2D eigenvalue weighted by Crippen LogP contribution is 1.99. The summed E-state index contributed by atoms with van der Waals surface area (Å²) in [5.41, 5.74) is -0.222. The van der Waals surface area contributed by atoms with Gasteiger partial charge in [0.1, 0.15) is 6.04 Å². The zero-order valence-corrected chi connectivity index (χ0v) is 11.8. The minimum atomic E-state index is -0.335. The lowest BCUT2D eigenvalue weighted by Crippen LogP contribution is -2.53. The smallest absolute Gasteiger partial charge is 0.242 e. The number of hydrogen-bond acceptors (Lipinski definition) is 2. The predicted octanol–water partition coefficient (Wildman–Crippen LogP) is 1.16. The first-order chi connectivity index (χ1) is 7.11. The largest absolute Gasteiger partial charge is 0.361 e. The van der Waals surface area contributed by atoms with Crippen LogP contribution in [-0.2, 0) is 4.79 Å². The normalized spacial score (nSPS) is 13.2. The van der Waals surface area contributed by atoms with E-state index in [-0.39, 0.29) is 23.5 Å². The van der Waals surface area contributed by atoms with Crippen LogP contribution in [0.4, 0.5) is 0 Å². The first-order valence-electron chi connectivity index (χ1n) is 5.51. The molecule has 0 saturated carbocycles. The Bertz CT molecular complexity index is 258. The fourth-order valence-electron chi connectivity index (χ4n) is 1.04. The summed E-state index contributed by atoms with van der Waals surface area (Å²) in [7, 11) is 0. The molecule has 4 nitrogen and oxygen atoms in total. The molecule has 0 aromatic heterocycles. The topological polar surface area (TPSA) is 53.2 Å². The number of rotatable bonds is 3. The molecule has 0 aliphatic heterocycles. The van der Waals surface area contributed by atoms with Gasteiger partial charge in [0.15, 0.2) is 5.11 Å². The van der Waals surface area contributed by atoms with Crippen molar-refractivity contribution in [3.63, 3.8) is 0 Å². The van der Waals surface area contributed by atoms with Gasteiger partial charge in [0.2, 0.25) is 5.91 Å². The Balaban J connectivity index is 4.11. The summed E-state index contributed by atoms with van der Waals surface area (Å²) < 4.78 is 0. The molecule has 0 aromatic rings. The van der Waals surface area contributed by atoms with Crippen LogP contribution in [0.5, 0.6) is 0 Å². The maximum Gasteiger partial charge on any atom is 0.242 e. The van der Waals surface area contributed by atoms with Crippen LogP contribution in [0.3, 0.4) is 0 Å². The Morgan fingerprint density at radius 1 is 1.12 bits per heavy atom. The highest BCUT2D eigenvalue weighted by atomic mass is 32.1. The lowest BCUT2D eigenvalue weighted by molar-refractivity contribution is -0.123. The van der Waals surface area contributed by atoms with E-state index in [2.05, 4.69) is 16.0 Å². The van der Waals surface area contributed by atoms with E-state index in [1.807, 2.05) is 34.6 Å². The number of carbonyl (C=O) groups is 1. The van der Waals surface area contributed by atoms with E-state index in [1.165, 1.54) is 0 Å². The molecular formula is C11H23N3OS. The van der Waals surface area contributed by atoms with E-state index in [1.54, 1.807) is 6.92 Å². The van der Waals surface area contributed by atoms with Crippen molar-refractivity contribution in [2.45, 2.75) is 59.2 Å². The van der Waals surface area contributed by atoms with Gasteiger partial charge in [-0.3, -0.25) is 4.79 Å². The first-order valence-corrected chi connectivity index (χ1v) is 5.91. The molecule has 94 valence electrons. The van der Waals surface area contributed by atoms with Crippen LogP contribution in [0, 0.1) is 0 Å². The SMILES string of the molecule is CC(C)NC(=S)NC(C)C(=O)NC(C)(C)C. The van der Waals surface area contributed by atoms with Gasteiger partial charge in [-0.25, -0.2) is 0 Å². The van der Waals surface area contributed by atoms with Crippen LogP contribution < -0.4 is 16.0 Å². The number of hydrogen-bond donors (Lipinski definition) is 3. The Morgan fingerprint density at radius 2 is 1.62 bits per heavy atom. The molecule has 0 fully saturated rings. The van der Waals surface area contributed by atoms with E-state index in [0.717, 1.165) is 0 Å². The number of carbonyl (C=O) groups excluding carboxylic acids is 1. The van der Waals surface area contributed by atoms with Crippen molar-refractivity contribution >= 4 is 23.2 Å². The van der Waals surface area contributed by atoms with Crippen LogP contribution in [-0.4, -0.2) is 28.6 Å². The average Bonchev–Trinajstić information content (AvgIpc) is 1.98. The molecule has 1 atom stereocenters. The van der Waals surface area contributed by atoms with Crippen LogP contribution in [0.1, 0.15) is 41.5 Å². The summed E-state index contributed by atoms with van der Waals surface area (Å²) in [5.74, 6) is -0.0552. The van der Waals surface area contributed by atoms with Crippen molar-refractivity contribution < 1.29 is 4.79 Å². The summed E-state index contributed by atoms with van der Waals surface area (Å²) >= 11 is 5.06. The zero-order chi connectivity index (χ0) is 12.9. The monoisotopic (exact) mass is 245 g/mol. The number of nitrogens with one attached hydrogen (secondary N) is 3. The molecule has 1 amide bonds. The summed E-state index contributed by atoms with van der Waals surface area (Å²) in [6.45, 7) is 11.6. The summed E-state index contributed by atoms with van der Waals surface area (Å²) in [4.78, 5) is 11.7. The highest BCUT2D eigenvalue weighted by Gasteiger charge is 2.19. The fraction of sp³-hybridized carbons (Fsp3) is 0.818. The van der Waals surface area contributed by atoms with Crippen molar-refractivity contribution in [3.8, 4) is 0 Å². The Hall–Kier alpha value is -0.840. The molecule has 0 aromatic carbocycles. The second kappa shape index (κ2) is 6.03. The van der Waals surface area contributed by atoms with E-state index in [0.29, 0.717) is 5.11 Å². The second-order valence-electron chi connectivity index (χ2n) is 5.23. The van der Waals surface area contributed by atoms with Gasteiger partial charge in [-0.15, -0.1) is 0 Å². The molecule has 0 aliphatic rings. The van der Waals surface area contributed by atoms with Crippen LogP contribution >= 0.6 is 12.2 Å². The third-order valence-electron chi connectivity index (χ3n) is 1.66. The molecule has 0 saturated heterocycles. The number of amides is 1. The molecule has 0 heterocycles. The van der Waals surface area contributed by atoms with Crippen LogP contribution in [0.15, 0.2) is 0 Å². The van der Waals surface area contributed by atoms with Crippen molar-refractivity contribution in [2.24, 2.45) is 0 Å². The molecule has 3 N–H and O–H groups in total. The summed E-state index contributed by atoms with van der Waals surface area (Å²) in [6, 6.07) is -0.0733. The molecule has 1 unspecified atom stereocenters. The van der Waals surface area contributed by atoms with E-state index in [4.69, 9.17) is 12.2 Å². The van der Waals surface area contributed by atoms with Gasteiger partial charge in [0, 0.05) is 11.6 Å².